The molecule has 0 radical (unpaired) electrons. The molecule has 5 heteroatoms. The third kappa shape index (κ3) is 4.59. The van der Waals surface area contributed by atoms with Crippen molar-refractivity contribution in [3.05, 3.63) is 24.3 Å². The summed E-state index contributed by atoms with van der Waals surface area (Å²) in [5, 5.41) is 13.2. The van der Waals surface area contributed by atoms with Crippen molar-refractivity contribution in [1.82, 2.24) is 5.32 Å². The average molecular weight is 295 g/mol. The van der Waals surface area contributed by atoms with Crippen LogP contribution in [-0.2, 0) is 4.74 Å². The zero-order valence-corrected chi connectivity index (χ0v) is 12.8. The molecule has 2 rings (SSSR count). The van der Waals surface area contributed by atoms with Gasteiger partial charge in [-0.2, -0.15) is 0 Å². The maximum Gasteiger partial charge on any atom is 0.123 e. The largest absolute Gasteiger partial charge is 0.497 e. The third-order valence-corrected chi connectivity index (χ3v) is 4.01. The molecule has 1 aromatic carbocycles. The highest BCUT2D eigenvalue weighted by Gasteiger charge is 2.36. The minimum atomic E-state index is -0.551. The van der Waals surface area contributed by atoms with Gasteiger partial charge in [0.25, 0.3) is 0 Å². The predicted octanol–water partition coefficient (Wildman–Crippen LogP) is 1.59. The average Bonchev–Trinajstić information content (AvgIpc) is 2.48. The molecule has 5 nitrogen and oxygen atoms in total. The Morgan fingerprint density at radius 1 is 1.29 bits per heavy atom. The van der Waals surface area contributed by atoms with E-state index in [2.05, 4.69) is 5.32 Å². The smallest absolute Gasteiger partial charge is 0.123 e. The van der Waals surface area contributed by atoms with Gasteiger partial charge in [0, 0.05) is 26.3 Å². The summed E-state index contributed by atoms with van der Waals surface area (Å²) >= 11 is 0. The molecule has 21 heavy (non-hydrogen) atoms. The molecule has 2 N–H and O–H groups in total. The van der Waals surface area contributed by atoms with E-state index in [1.807, 2.05) is 18.2 Å². The van der Waals surface area contributed by atoms with Gasteiger partial charge >= 0.3 is 0 Å². The maximum absolute atomic E-state index is 9.94. The standard InChI is InChI=1S/C16H25NO4/c1-19-14-5-3-6-15(9-14)21-11-13(18)10-17-12-16(20-2)7-4-8-16/h3,5-6,9,13,17-18H,4,7-8,10-12H2,1-2H3. The zero-order valence-electron chi connectivity index (χ0n) is 12.8. The van der Waals surface area contributed by atoms with E-state index >= 15 is 0 Å². The topological polar surface area (TPSA) is 60.0 Å². The maximum atomic E-state index is 9.94. The Kier molecular flexibility index (Phi) is 5.85. The van der Waals surface area contributed by atoms with Gasteiger partial charge in [-0.05, 0) is 31.4 Å². The van der Waals surface area contributed by atoms with Gasteiger partial charge in [0.05, 0.1) is 12.7 Å². The van der Waals surface area contributed by atoms with Gasteiger partial charge in [-0.25, -0.2) is 0 Å². The summed E-state index contributed by atoms with van der Waals surface area (Å²) in [6.45, 7) is 1.52. The number of hydrogen-bond donors (Lipinski definition) is 2. The van der Waals surface area contributed by atoms with Crippen LogP contribution in [0.5, 0.6) is 11.5 Å². The van der Waals surface area contributed by atoms with Crippen LogP contribution in [0.2, 0.25) is 0 Å². The van der Waals surface area contributed by atoms with Crippen LogP contribution in [0.25, 0.3) is 0 Å². The van der Waals surface area contributed by atoms with Gasteiger partial charge in [-0.3, -0.25) is 0 Å². The molecular weight excluding hydrogens is 270 g/mol. The lowest BCUT2D eigenvalue weighted by Crippen LogP contribution is -2.49. The van der Waals surface area contributed by atoms with Crippen molar-refractivity contribution in [2.24, 2.45) is 0 Å². The first-order chi connectivity index (χ1) is 10.2. The van der Waals surface area contributed by atoms with Crippen molar-refractivity contribution < 1.29 is 19.3 Å². The Balaban J connectivity index is 1.66. The Labute approximate surface area is 126 Å². The Morgan fingerprint density at radius 2 is 2.05 bits per heavy atom. The molecule has 1 fully saturated rings. The molecule has 1 aliphatic carbocycles. The van der Waals surface area contributed by atoms with Crippen molar-refractivity contribution in [1.29, 1.82) is 0 Å². The van der Waals surface area contributed by atoms with Crippen LogP contribution in [-0.4, -0.2) is 50.7 Å². The van der Waals surface area contributed by atoms with E-state index < -0.39 is 6.10 Å². The van der Waals surface area contributed by atoms with Crippen LogP contribution >= 0.6 is 0 Å². The molecule has 0 aromatic heterocycles. The molecule has 1 unspecified atom stereocenters. The van der Waals surface area contributed by atoms with Gasteiger partial charge < -0.3 is 24.6 Å². The first-order valence-electron chi connectivity index (χ1n) is 7.38. The number of aliphatic hydroxyl groups is 1. The second-order valence-electron chi connectivity index (χ2n) is 5.52. The van der Waals surface area contributed by atoms with E-state index in [0.717, 1.165) is 25.1 Å². The molecule has 0 bridgehead atoms. The molecule has 118 valence electrons. The van der Waals surface area contributed by atoms with Crippen molar-refractivity contribution >= 4 is 0 Å². The lowest BCUT2D eigenvalue weighted by atomic mass is 9.80. The first kappa shape index (κ1) is 16.1. The van der Waals surface area contributed by atoms with E-state index in [4.69, 9.17) is 14.2 Å². The quantitative estimate of drug-likeness (QED) is 0.724. The van der Waals surface area contributed by atoms with Crippen LogP contribution in [0.4, 0.5) is 0 Å². The highest BCUT2D eigenvalue weighted by molar-refractivity contribution is 5.32. The lowest BCUT2D eigenvalue weighted by Gasteiger charge is -2.40. The van der Waals surface area contributed by atoms with Gasteiger partial charge in [-0.1, -0.05) is 6.07 Å². The molecule has 1 saturated carbocycles. The molecule has 1 aromatic rings. The number of benzene rings is 1. The molecule has 0 heterocycles. The molecule has 0 aliphatic heterocycles. The SMILES string of the molecule is COc1cccc(OCC(O)CNCC2(OC)CCC2)c1. The van der Waals surface area contributed by atoms with Crippen LogP contribution in [0.15, 0.2) is 24.3 Å². The highest BCUT2D eigenvalue weighted by Crippen LogP contribution is 2.34. The fourth-order valence-corrected chi connectivity index (χ4v) is 2.43. The van der Waals surface area contributed by atoms with Crippen molar-refractivity contribution in [3.63, 3.8) is 0 Å². The number of ether oxygens (including phenoxy) is 3. The summed E-state index contributed by atoms with van der Waals surface area (Å²) in [4.78, 5) is 0. The Morgan fingerprint density at radius 3 is 2.67 bits per heavy atom. The zero-order chi connectivity index (χ0) is 15.1. The van der Waals surface area contributed by atoms with Crippen LogP contribution in [0, 0.1) is 0 Å². The van der Waals surface area contributed by atoms with Crippen LogP contribution < -0.4 is 14.8 Å². The van der Waals surface area contributed by atoms with Crippen LogP contribution in [0.1, 0.15) is 19.3 Å². The van der Waals surface area contributed by atoms with Gasteiger partial charge in [0.15, 0.2) is 0 Å². The van der Waals surface area contributed by atoms with Crippen LogP contribution in [0.3, 0.4) is 0 Å². The minimum Gasteiger partial charge on any atom is -0.497 e. The second kappa shape index (κ2) is 7.64. The van der Waals surface area contributed by atoms with Gasteiger partial charge in [0.1, 0.15) is 24.2 Å². The molecule has 0 saturated heterocycles. The van der Waals surface area contributed by atoms with Crippen molar-refractivity contribution in [3.8, 4) is 11.5 Å². The second-order valence-corrected chi connectivity index (χ2v) is 5.52. The number of nitrogens with one attached hydrogen (secondary N) is 1. The third-order valence-electron chi connectivity index (χ3n) is 4.01. The summed E-state index contributed by atoms with van der Waals surface area (Å²) in [6.07, 6.45) is 2.85. The Hall–Kier alpha value is -1.30. The fraction of sp³-hybridized carbons (Fsp3) is 0.625. The summed E-state index contributed by atoms with van der Waals surface area (Å²) in [5.41, 5.74) is -0.0205. The van der Waals surface area contributed by atoms with Crippen molar-refractivity contribution in [2.75, 3.05) is 33.9 Å². The van der Waals surface area contributed by atoms with Gasteiger partial charge in [-0.15, -0.1) is 0 Å². The van der Waals surface area contributed by atoms with E-state index in [-0.39, 0.29) is 12.2 Å². The molecule has 0 amide bonds. The molecule has 1 atom stereocenters. The summed E-state index contributed by atoms with van der Waals surface area (Å²) in [5.74, 6) is 1.44. The summed E-state index contributed by atoms with van der Waals surface area (Å²) in [6, 6.07) is 7.36. The van der Waals surface area contributed by atoms with E-state index in [1.54, 1.807) is 20.3 Å². The van der Waals surface area contributed by atoms with E-state index in [9.17, 15) is 5.11 Å². The van der Waals surface area contributed by atoms with E-state index in [0.29, 0.717) is 12.3 Å². The minimum absolute atomic E-state index is 0.0205. The lowest BCUT2D eigenvalue weighted by molar-refractivity contribution is -0.0706. The molecule has 1 aliphatic rings. The Bertz CT molecular complexity index is 429. The molecule has 0 spiro atoms. The number of hydrogen-bond acceptors (Lipinski definition) is 5. The van der Waals surface area contributed by atoms with Gasteiger partial charge in [0.2, 0.25) is 0 Å². The first-order valence-corrected chi connectivity index (χ1v) is 7.38. The highest BCUT2D eigenvalue weighted by atomic mass is 16.5. The number of aliphatic hydroxyl groups excluding tert-OH is 1. The normalized spacial score (nSPS) is 17.9. The van der Waals surface area contributed by atoms with Crippen molar-refractivity contribution in [2.45, 2.75) is 31.0 Å². The molecular formula is C16H25NO4. The fourth-order valence-electron chi connectivity index (χ4n) is 2.43. The summed E-state index contributed by atoms with van der Waals surface area (Å²) < 4.78 is 16.2. The monoisotopic (exact) mass is 295 g/mol. The predicted molar refractivity (Wildman–Crippen MR) is 81.0 cm³/mol. The van der Waals surface area contributed by atoms with E-state index in [1.165, 1.54) is 6.42 Å². The number of methoxy groups -OCH3 is 2. The summed E-state index contributed by atoms with van der Waals surface area (Å²) in [7, 11) is 3.37. The number of rotatable bonds is 9.